The first kappa shape index (κ1) is 25.0. The minimum Gasteiger partial charge on any atom is -0.446 e. The summed E-state index contributed by atoms with van der Waals surface area (Å²) in [6.45, 7) is 1.95. The van der Waals surface area contributed by atoms with E-state index in [0.717, 1.165) is 64.8 Å². The fourth-order valence-electron chi connectivity index (χ4n) is 5.44. The fourth-order valence-corrected chi connectivity index (χ4v) is 5.44. The zero-order chi connectivity index (χ0) is 27.1. The highest BCUT2D eigenvalue weighted by Crippen LogP contribution is 2.43. The summed E-state index contributed by atoms with van der Waals surface area (Å²) >= 11 is 0. The van der Waals surface area contributed by atoms with Gasteiger partial charge in [-0.2, -0.15) is 5.26 Å². The molecule has 2 heterocycles. The first-order valence-corrected chi connectivity index (χ1v) is 13.7. The van der Waals surface area contributed by atoms with Crippen molar-refractivity contribution < 1.29 is 9.53 Å². The lowest BCUT2D eigenvalue weighted by Gasteiger charge is -2.30. The van der Waals surface area contributed by atoms with E-state index in [1.807, 2.05) is 57.5 Å². The van der Waals surface area contributed by atoms with Gasteiger partial charge in [-0.05, 0) is 80.8 Å². The van der Waals surface area contributed by atoms with E-state index < -0.39 is 6.09 Å². The molecule has 6 rings (SSSR count). The van der Waals surface area contributed by atoms with Gasteiger partial charge in [0.1, 0.15) is 12.2 Å². The molecule has 4 aromatic rings. The quantitative estimate of drug-likeness (QED) is 0.275. The number of nitrogens with zero attached hydrogens (tertiary/aromatic N) is 4. The Morgan fingerprint density at radius 1 is 1.08 bits per heavy atom. The number of fused-ring (bicyclic) bond motifs is 1. The monoisotopic (exact) mass is 519 g/mol. The number of carbonyl (C=O) groups is 1. The summed E-state index contributed by atoms with van der Waals surface area (Å²) in [4.78, 5) is 19.0. The van der Waals surface area contributed by atoms with E-state index in [0.29, 0.717) is 23.2 Å². The summed E-state index contributed by atoms with van der Waals surface area (Å²) in [6, 6.07) is 20.9. The van der Waals surface area contributed by atoms with Gasteiger partial charge in [-0.1, -0.05) is 24.3 Å². The average molecular weight is 520 g/mol. The van der Waals surface area contributed by atoms with Crippen LogP contribution >= 0.6 is 0 Å². The molecule has 2 aliphatic rings. The Bertz CT molecular complexity index is 1570. The molecule has 2 fully saturated rings. The molecule has 0 radical (unpaired) electrons. The second-order valence-corrected chi connectivity index (χ2v) is 11.0. The molecular formula is C32H33N5O2. The van der Waals surface area contributed by atoms with Gasteiger partial charge in [-0.3, -0.25) is 10.3 Å². The molecule has 0 aliphatic heterocycles. The summed E-state index contributed by atoms with van der Waals surface area (Å²) in [6.07, 6.45) is 6.95. The van der Waals surface area contributed by atoms with Crippen molar-refractivity contribution in [1.82, 2.24) is 9.55 Å². The number of pyridine rings is 1. The predicted octanol–water partition coefficient (Wildman–Crippen LogP) is 7.38. The maximum Gasteiger partial charge on any atom is 0.411 e. The smallest absolute Gasteiger partial charge is 0.411 e. The fraction of sp³-hybridized carbons (Fsp3) is 0.344. The lowest BCUT2D eigenvalue weighted by atomic mass is 9.92. The van der Waals surface area contributed by atoms with Crippen molar-refractivity contribution in [3.63, 3.8) is 0 Å². The van der Waals surface area contributed by atoms with Crippen molar-refractivity contribution in [2.24, 2.45) is 5.92 Å². The largest absolute Gasteiger partial charge is 0.446 e. The second kappa shape index (κ2) is 10.1. The van der Waals surface area contributed by atoms with E-state index in [-0.39, 0.29) is 6.10 Å². The molecule has 0 spiro atoms. The normalized spacial score (nSPS) is 15.8. The number of ether oxygens (including phenoxy) is 1. The van der Waals surface area contributed by atoms with Crippen LogP contribution in [0.25, 0.3) is 33.4 Å². The molecule has 2 aromatic carbocycles. The highest BCUT2D eigenvalue weighted by atomic mass is 16.6. The van der Waals surface area contributed by atoms with Crippen molar-refractivity contribution in [3.05, 3.63) is 66.4 Å². The van der Waals surface area contributed by atoms with Gasteiger partial charge >= 0.3 is 6.09 Å². The molecule has 0 bridgehead atoms. The number of hydrogen-bond acceptors (Lipinski definition) is 5. The standard InChI is InChI=1S/C32H33N5O2/c1-20(21-7-8-21)39-32(38)35-24-12-9-22(10-13-24)31-28(19-33)27-14-11-23(17-30(27)37(31)25-5-4-6-25)29-18-26(36(2)3)15-16-34-29/h9-18,20-21,25H,4-8H2,1-3H3,(H,35,38)/t20-/m1/s1. The molecule has 0 unspecified atom stereocenters. The summed E-state index contributed by atoms with van der Waals surface area (Å²) in [7, 11) is 4.04. The Kier molecular flexibility index (Phi) is 6.48. The van der Waals surface area contributed by atoms with Crippen LogP contribution in [0, 0.1) is 17.2 Å². The van der Waals surface area contributed by atoms with Gasteiger partial charge in [0.25, 0.3) is 0 Å². The van der Waals surface area contributed by atoms with Gasteiger partial charge in [0.15, 0.2) is 0 Å². The zero-order valence-electron chi connectivity index (χ0n) is 22.6. The molecule has 0 saturated heterocycles. The lowest BCUT2D eigenvalue weighted by Crippen LogP contribution is -2.21. The molecule has 1 N–H and O–H groups in total. The number of rotatable bonds is 7. The zero-order valence-corrected chi connectivity index (χ0v) is 22.6. The van der Waals surface area contributed by atoms with Crippen LogP contribution in [0.15, 0.2) is 60.8 Å². The van der Waals surface area contributed by atoms with Gasteiger partial charge in [0.05, 0.1) is 22.5 Å². The van der Waals surface area contributed by atoms with E-state index in [9.17, 15) is 10.1 Å². The van der Waals surface area contributed by atoms with Gasteiger partial charge in [-0.25, -0.2) is 4.79 Å². The van der Waals surface area contributed by atoms with Crippen LogP contribution in [0.4, 0.5) is 16.2 Å². The molecule has 1 amide bonds. The maximum absolute atomic E-state index is 12.3. The molecule has 2 aliphatic carbocycles. The molecular weight excluding hydrogens is 486 g/mol. The van der Waals surface area contributed by atoms with Crippen LogP contribution < -0.4 is 10.2 Å². The van der Waals surface area contributed by atoms with Crippen LogP contribution in [0.2, 0.25) is 0 Å². The Morgan fingerprint density at radius 2 is 1.82 bits per heavy atom. The summed E-state index contributed by atoms with van der Waals surface area (Å²) in [5.41, 5.74) is 7.31. The molecule has 2 saturated carbocycles. The van der Waals surface area contributed by atoms with Crippen LogP contribution in [0.1, 0.15) is 50.6 Å². The van der Waals surface area contributed by atoms with E-state index in [4.69, 9.17) is 4.74 Å². The van der Waals surface area contributed by atoms with Crippen molar-refractivity contribution in [3.8, 4) is 28.6 Å². The molecule has 198 valence electrons. The first-order valence-electron chi connectivity index (χ1n) is 13.7. The number of nitriles is 1. The number of benzene rings is 2. The number of carbonyl (C=O) groups excluding carboxylic acids is 1. The number of nitrogens with one attached hydrogen (secondary N) is 1. The first-order chi connectivity index (χ1) is 18.9. The van der Waals surface area contributed by atoms with E-state index in [1.54, 1.807) is 0 Å². The highest BCUT2D eigenvalue weighted by molar-refractivity contribution is 5.97. The van der Waals surface area contributed by atoms with Crippen molar-refractivity contribution in [2.45, 2.75) is 51.2 Å². The van der Waals surface area contributed by atoms with Crippen LogP contribution in [-0.4, -0.2) is 35.8 Å². The SMILES string of the molecule is C[C@@H](OC(=O)Nc1ccc(-c2c(C#N)c3ccc(-c4cc(N(C)C)ccn4)cc3n2C2CCC2)cc1)C1CC1. The number of anilines is 2. The molecule has 1 atom stereocenters. The minimum absolute atomic E-state index is 0.0638. The van der Waals surface area contributed by atoms with Crippen LogP contribution in [-0.2, 0) is 4.74 Å². The third kappa shape index (κ3) is 4.83. The molecule has 39 heavy (non-hydrogen) atoms. The summed E-state index contributed by atoms with van der Waals surface area (Å²) in [5, 5.41) is 14.1. The summed E-state index contributed by atoms with van der Waals surface area (Å²) < 4.78 is 7.86. The van der Waals surface area contributed by atoms with Gasteiger partial charge < -0.3 is 14.2 Å². The maximum atomic E-state index is 12.3. The molecule has 7 heteroatoms. The average Bonchev–Trinajstić information content (AvgIpc) is 3.72. The molecule has 2 aromatic heterocycles. The van der Waals surface area contributed by atoms with Crippen molar-refractivity contribution in [2.75, 3.05) is 24.3 Å². The topological polar surface area (TPSA) is 83.2 Å². The number of aromatic nitrogens is 2. The van der Waals surface area contributed by atoms with Crippen molar-refractivity contribution in [1.29, 1.82) is 5.26 Å². The minimum atomic E-state index is -0.428. The Morgan fingerprint density at radius 3 is 2.46 bits per heavy atom. The third-order valence-electron chi connectivity index (χ3n) is 8.10. The van der Waals surface area contributed by atoms with E-state index in [2.05, 4.69) is 50.1 Å². The van der Waals surface area contributed by atoms with Crippen molar-refractivity contribution >= 4 is 28.4 Å². The molecule has 7 nitrogen and oxygen atoms in total. The Hall–Kier alpha value is -4.31. The van der Waals surface area contributed by atoms with Crippen LogP contribution in [0.3, 0.4) is 0 Å². The Balaban J connectivity index is 1.37. The number of hydrogen-bond donors (Lipinski definition) is 1. The van der Waals surface area contributed by atoms with Gasteiger partial charge in [0, 0.05) is 48.7 Å². The van der Waals surface area contributed by atoms with E-state index in [1.165, 1.54) is 6.42 Å². The Labute approximate surface area is 229 Å². The van der Waals surface area contributed by atoms with Crippen LogP contribution in [0.5, 0.6) is 0 Å². The van der Waals surface area contributed by atoms with Gasteiger partial charge in [-0.15, -0.1) is 0 Å². The van der Waals surface area contributed by atoms with E-state index >= 15 is 0 Å². The lowest BCUT2D eigenvalue weighted by molar-refractivity contribution is 0.108. The van der Waals surface area contributed by atoms with Gasteiger partial charge in [0.2, 0.25) is 0 Å². The predicted molar refractivity (Wildman–Crippen MR) is 155 cm³/mol. The third-order valence-corrected chi connectivity index (χ3v) is 8.10. The highest BCUT2D eigenvalue weighted by Gasteiger charge is 2.31. The summed E-state index contributed by atoms with van der Waals surface area (Å²) in [5.74, 6) is 0.490. The number of amides is 1. The second-order valence-electron chi connectivity index (χ2n) is 11.0.